The van der Waals surface area contributed by atoms with Crippen molar-refractivity contribution in [1.82, 2.24) is 0 Å². The first-order chi connectivity index (χ1) is 3.46. The quantitative estimate of drug-likeness (QED) is 0.457. The predicted octanol–water partition coefficient (Wildman–Crippen LogP) is -2.17. The van der Waals surface area contributed by atoms with E-state index >= 15 is 0 Å². The Kier molecular flexibility index (Phi) is 23.8. The molecule has 54 valence electrons. The molecule has 0 N–H and O–H groups in total. The monoisotopic (exact) mass is 246 g/mol. The molecule has 0 bridgehead atoms. The molecule has 0 aromatic rings. The Morgan fingerprint density at radius 1 is 1.44 bits per heavy atom. The van der Waals surface area contributed by atoms with Gasteiger partial charge in [0.2, 0.25) is 0 Å². The molecule has 0 amide bonds. The Morgan fingerprint density at radius 3 is 1.44 bits per heavy atom. The van der Waals surface area contributed by atoms with E-state index in [1.807, 2.05) is 0 Å². The molecule has 0 aliphatic carbocycles. The van der Waals surface area contributed by atoms with E-state index in [9.17, 15) is 0 Å². The third kappa shape index (κ3) is 178. The summed E-state index contributed by atoms with van der Waals surface area (Å²) in [5.41, 5.74) is 0. The molecule has 0 spiro atoms. The van der Waals surface area contributed by atoms with E-state index in [0.717, 1.165) is 6.92 Å². The average molecular weight is 247 g/mol. The summed E-state index contributed by atoms with van der Waals surface area (Å²) in [7, 11) is 13.4. The topological polar surface area (TPSA) is 40.1 Å². The summed E-state index contributed by atoms with van der Waals surface area (Å²) in [6, 6.07) is 0. The number of rotatable bonds is 0. The number of carbonyl (C=O) groups is 1. The Balaban J connectivity index is -0.0000000720. The smallest absolute Gasteiger partial charge is 1.00 e. The van der Waals surface area contributed by atoms with Crippen LogP contribution in [0.25, 0.3) is 0 Å². The van der Waals surface area contributed by atoms with Crippen molar-refractivity contribution in [1.29, 1.82) is 0 Å². The van der Waals surface area contributed by atoms with Gasteiger partial charge in [-0.25, -0.2) is 0 Å². The van der Waals surface area contributed by atoms with Crippen LogP contribution in [0.2, 0.25) is 0 Å². The molecule has 0 aliphatic heterocycles. The van der Waals surface area contributed by atoms with Crippen molar-refractivity contribution in [3.8, 4) is 0 Å². The van der Waals surface area contributed by atoms with E-state index in [1.54, 1.807) is 0 Å². The zero-order chi connectivity index (χ0) is 7.15. The second kappa shape index (κ2) is 12.5. The number of hydrogen-bond acceptors (Lipinski definition) is 2. The maximum Gasteiger partial charge on any atom is 1.00 e. The molecule has 9 heavy (non-hydrogen) atoms. The van der Waals surface area contributed by atoms with Gasteiger partial charge in [-0.05, 0) is 6.92 Å². The summed E-state index contributed by atoms with van der Waals surface area (Å²) in [4.78, 5) is 8.89. The zero-order valence-electron chi connectivity index (χ0n) is 4.78. The normalized spacial score (nSPS) is 7.78. The van der Waals surface area contributed by atoms with Gasteiger partial charge in [-0.3, -0.25) is 0 Å². The van der Waals surface area contributed by atoms with E-state index in [0.29, 0.717) is 0 Å². The summed E-state index contributed by atoms with van der Waals surface area (Å²) in [5.74, 6) is -1.08. The van der Waals surface area contributed by atoms with Gasteiger partial charge >= 0.3 is 70.9 Å². The number of halogens is 3. The van der Waals surface area contributed by atoms with Crippen LogP contribution >= 0.6 is 30.4 Å². The maximum atomic E-state index is 8.89. The molecule has 0 aliphatic rings. The van der Waals surface area contributed by atoms with Crippen LogP contribution < -0.4 is 34.7 Å². The Hall–Kier alpha value is 1.85. The molecule has 0 radical (unpaired) electrons. The molecule has 0 aromatic carbocycles. The fraction of sp³-hybridized carbons (Fsp3) is 0.500. The van der Waals surface area contributed by atoms with E-state index in [-0.39, 0.29) is 29.6 Å². The van der Waals surface area contributed by atoms with Gasteiger partial charge in [-0.15, -0.1) is 0 Å². The van der Waals surface area contributed by atoms with Crippen LogP contribution in [-0.2, 0) is 15.7 Å². The van der Waals surface area contributed by atoms with Crippen molar-refractivity contribution >= 4 is 36.4 Å². The number of carbonyl (C=O) groups excluding carboxylic acids is 1. The van der Waals surface area contributed by atoms with E-state index in [2.05, 4.69) is 0 Å². The first kappa shape index (κ1) is 17.1. The summed E-state index contributed by atoms with van der Waals surface area (Å²) >= 11 is 0. The minimum absolute atomic E-state index is 0. The van der Waals surface area contributed by atoms with Gasteiger partial charge in [0.1, 0.15) is 0 Å². The molecule has 0 atom stereocenters. The van der Waals surface area contributed by atoms with Crippen LogP contribution in [0, 0.1) is 0 Å². The molecule has 0 saturated carbocycles. The first-order valence-electron chi connectivity index (χ1n) is 1.29. The van der Waals surface area contributed by atoms with Crippen molar-refractivity contribution < 1.29 is 50.4 Å². The van der Waals surface area contributed by atoms with Crippen molar-refractivity contribution in [3.05, 3.63) is 0 Å². The molecular weight excluding hydrogens is 244 g/mol. The molecule has 0 heterocycles. The van der Waals surface area contributed by atoms with Gasteiger partial charge in [-0.1, -0.05) is 0 Å². The second-order valence-corrected chi connectivity index (χ2v) is 5.79. The fourth-order valence-corrected chi connectivity index (χ4v) is 0. The summed E-state index contributed by atoms with van der Waals surface area (Å²) in [6.07, 6.45) is 0. The fourth-order valence-electron chi connectivity index (χ4n) is 0. The van der Waals surface area contributed by atoms with Crippen LogP contribution in [0.15, 0.2) is 0 Å². The Labute approximate surface area is 92.6 Å². The molecule has 0 aromatic heterocycles. The van der Waals surface area contributed by atoms with Gasteiger partial charge in [0.05, 0.1) is 0 Å². The molecule has 0 rings (SSSR count). The van der Waals surface area contributed by atoms with Crippen LogP contribution in [0.5, 0.6) is 0 Å². The van der Waals surface area contributed by atoms with Crippen molar-refractivity contribution in [2.45, 2.75) is 6.92 Å². The largest absolute Gasteiger partial charge is 1.00 e. The van der Waals surface area contributed by atoms with E-state index in [1.165, 1.54) is 0 Å². The number of carboxylic acids is 1. The zero-order valence-corrected chi connectivity index (χ0v) is 10.1. The average Bonchev–Trinajstić information content (AvgIpc) is 1.25. The van der Waals surface area contributed by atoms with E-state index < -0.39 is 16.9 Å². The van der Waals surface area contributed by atoms with Gasteiger partial charge in [0.15, 0.2) is 0 Å². The number of carboxylic acid groups (broad SMARTS) is 1. The van der Waals surface area contributed by atoms with Crippen molar-refractivity contribution in [2.75, 3.05) is 0 Å². The van der Waals surface area contributed by atoms with Crippen LogP contribution in [0.4, 0.5) is 0 Å². The summed E-state index contributed by atoms with van der Waals surface area (Å²) < 4.78 is 0. The van der Waals surface area contributed by atoms with Crippen molar-refractivity contribution in [2.24, 2.45) is 0 Å². The Bertz CT molecular complexity index is 64.1. The SMILES string of the molecule is CC(=O)[O-].[Cl][Co]([Cl])[Cl].[Na+]. The summed E-state index contributed by atoms with van der Waals surface area (Å²) in [5, 5.41) is 8.89. The molecule has 7 heteroatoms. The molecule has 2 nitrogen and oxygen atoms in total. The standard InChI is InChI=1S/C2H4O2.3ClH.Co.Na/c1-2(3)4;;;;;/h1H3,(H,3,4);3*1H;;/q;;;;+3;+1/p-4. The first-order valence-corrected chi connectivity index (χ1v) is 5.58. The van der Waals surface area contributed by atoms with Gasteiger partial charge < -0.3 is 9.90 Å². The van der Waals surface area contributed by atoms with Crippen molar-refractivity contribution in [3.63, 3.8) is 0 Å². The van der Waals surface area contributed by atoms with Crippen LogP contribution in [-0.4, -0.2) is 5.97 Å². The molecule has 0 unspecified atom stereocenters. The Morgan fingerprint density at radius 2 is 1.44 bits per heavy atom. The predicted molar refractivity (Wildman–Crippen MR) is 28.2 cm³/mol. The number of aliphatic carboxylic acids is 1. The third-order valence-corrected chi connectivity index (χ3v) is 0. The van der Waals surface area contributed by atoms with Gasteiger partial charge in [0, 0.05) is 5.97 Å². The van der Waals surface area contributed by atoms with E-state index in [4.69, 9.17) is 40.3 Å². The minimum atomic E-state index is -1.19. The second-order valence-electron chi connectivity index (χ2n) is 0.634. The van der Waals surface area contributed by atoms with Crippen LogP contribution in [0.1, 0.15) is 6.92 Å². The van der Waals surface area contributed by atoms with Gasteiger partial charge in [-0.2, -0.15) is 0 Å². The molecular formula is C2H3Cl3CoNaO2. The van der Waals surface area contributed by atoms with Crippen LogP contribution in [0.3, 0.4) is 0 Å². The minimum Gasteiger partial charge on any atom is 1.00 e. The maximum absolute atomic E-state index is 8.89. The molecule has 0 fully saturated rings. The summed E-state index contributed by atoms with van der Waals surface area (Å²) in [6.45, 7) is 0.972. The van der Waals surface area contributed by atoms with Gasteiger partial charge in [0.25, 0.3) is 0 Å². The third-order valence-electron chi connectivity index (χ3n) is 0. The number of hydrogen-bond donors (Lipinski definition) is 0. The molecule has 0 saturated heterocycles.